The smallest absolute Gasteiger partial charge is 0.174 e. The first-order valence-electron chi connectivity index (χ1n) is 9.09. The van der Waals surface area contributed by atoms with Gasteiger partial charge >= 0.3 is 0 Å². The summed E-state index contributed by atoms with van der Waals surface area (Å²) in [6, 6.07) is 8.86. The number of rotatable bonds is 10. The molecule has 4 heteroatoms. The molecule has 136 valence electrons. The molecule has 0 saturated heterocycles. The van der Waals surface area contributed by atoms with Crippen LogP contribution in [0.3, 0.4) is 0 Å². The van der Waals surface area contributed by atoms with Crippen molar-refractivity contribution in [2.45, 2.75) is 50.5 Å². The lowest BCUT2D eigenvalue weighted by Crippen LogP contribution is -2.36. The number of hydrogen-bond donors (Lipinski definition) is 1. The second-order valence-electron chi connectivity index (χ2n) is 6.46. The third-order valence-electron chi connectivity index (χ3n) is 4.34. The van der Waals surface area contributed by atoms with Gasteiger partial charge in [0.25, 0.3) is 0 Å². The van der Waals surface area contributed by atoms with Gasteiger partial charge in [0.15, 0.2) is 10.8 Å². The molecule has 0 radical (unpaired) electrons. The van der Waals surface area contributed by atoms with E-state index in [4.69, 9.17) is 16.3 Å². The Kier molecular flexibility index (Phi) is 7.73. The number of Topliss-reactive ketones (excluding diaryl/α,β-unsaturated/α-hetero) is 1. The Morgan fingerprint density at radius 2 is 1.84 bits per heavy atom. The number of benzene rings is 1. The van der Waals surface area contributed by atoms with E-state index < -0.39 is 11.0 Å². The third-order valence-corrected chi connectivity index (χ3v) is 4.69. The van der Waals surface area contributed by atoms with Gasteiger partial charge in [-0.15, -0.1) is 0 Å². The van der Waals surface area contributed by atoms with E-state index in [0.29, 0.717) is 17.9 Å². The van der Waals surface area contributed by atoms with Crippen LogP contribution in [-0.4, -0.2) is 22.6 Å². The van der Waals surface area contributed by atoms with E-state index in [9.17, 15) is 9.90 Å². The highest BCUT2D eigenvalue weighted by molar-refractivity contribution is 6.26. The number of ketones is 1. The van der Waals surface area contributed by atoms with Crippen molar-refractivity contribution in [1.82, 2.24) is 0 Å². The molecule has 1 aromatic rings. The monoisotopic (exact) mass is 362 g/mol. The molecular weight excluding hydrogens is 336 g/mol. The molecule has 0 aliphatic heterocycles. The summed E-state index contributed by atoms with van der Waals surface area (Å²) in [5.74, 6) is -0.512. The zero-order valence-corrected chi connectivity index (χ0v) is 15.5. The Morgan fingerprint density at radius 1 is 1.16 bits per heavy atom. The van der Waals surface area contributed by atoms with E-state index in [1.165, 1.54) is 31.8 Å². The van der Waals surface area contributed by atoms with Gasteiger partial charge in [0, 0.05) is 11.6 Å². The molecule has 0 heterocycles. The standard InChI is InChI=1S/C21H27ClO3/c1-2-3-4-5-6-10-15-25-18-13-14-19(21(22,24)16-18)20(23)17-11-8-7-9-12-17/h7-9,11-14,16,19,24H,2-6,10,15H2,1H3. The molecule has 1 N–H and O–H groups in total. The summed E-state index contributed by atoms with van der Waals surface area (Å²) in [6.07, 6.45) is 11.9. The van der Waals surface area contributed by atoms with Gasteiger partial charge in [0.1, 0.15) is 5.76 Å². The van der Waals surface area contributed by atoms with Crippen LogP contribution in [0.2, 0.25) is 0 Å². The molecule has 0 bridgehead atoms. The van der Waals surface area contributed by atoms with Crippen LogP contribution in [0.5, 0.6) is 0 Å². The first-order valence-corrected chi connectivity index (χ1v) is 9.47. The number of halogens is 1. The quantitative estimate of drug-likeness (QED) is 0.351. The number of carbonyl (C=O) groups is 1. The fourth-order valence-corrected chi connectivity index (χ4v) is 3.16. The lowest BCUT2D eigenvalue weighted by molar-refractivity contribution is 0.0743. The van der Waals surface area contributed by atoms with Crippen LogP contribution in [0, 0.1) is 5.92 Å². The highest BCUT2D eigenvalue weighted by Crippen LogP contribution is 2.34. The maximum atomic E-state index is 12.5. The molecule has 2 rings (SSSR count). The van der Waals surface area contributed by atoms with Crippen LogP contribution in [-0.2, 0) is 4.74 Å². The fraction of sp³-hybridized carbons (Fsp3) is 0.476. The third kappa shape index (κ3) is 6.02. The first kappa shape index (κ1) is 19.7. The van der Waals surface area contributed by atoms with E-state index in [1.54, 1.807) is 36.4 Å². The molecule has 0 saturated carbocycles. The van der Waals surface area contributed by atoms with Crippen molar-refractivity contribution >= 4 is 17.4 Å². The molecule has 0 amide bonds. The topological polar surface area (TPSA) is 46.5 Å². The summed E-state index contributed by atoms with van der Waals surface area (Å²) in [5, 5.41) is 8.71. The summed E-state index contributed by atoms with van der Waals surface area (Å²) in [5.41, 5.74) is 0.529. The summed E-state index contributed by atoms with van der Waals surface area (Å²) >= 11 is 6.20. The number of unbranched alkanes of at least 4 members (excludes halogenated alkanes) is 5. The highest BCUT2D eigenvalue weighted by Gasteiger charge is 2.39. The maximum absolute atomic E-state index is 12.5. The molecule has 1 aliphatic carbocycles. The van der Waals surface area contributed by atoms with Crippen molar-refractivity contribution < 1.29 is 14.6 Å². The predicted octanol–water partition coefficient (Wildman–Crippen LogP) is 5.24. The molecule has 0 aromatic heterocycles. The van der Waals surface area contributed by atoms with Gasteiger partial charge in [0.2, 0.25) is 0 Å². The zero-order chi connectivity index (χ0) is 18.1. The van der Waals surface area contributed by atoms with Gasteiger partial charge in [0.05, 0.1) is 12.5 Å². The minimum atomic E-state index is -1.77. The molecule has 3 nitrogen and oxygen atoms in total. The van der Waals surface area contributed by atoms with Crippen molar-refractivity contribution in [3.8, 4) is 0 Å². The molecule has 0 spiro atoms. The van der Waals surface area contributed by atoms with Crippen LogP contribution < -0.4 is 0 Å². The highest BCUT2D eigenvalue weighted by atomic mass is 35.5. The molecule has 0 fully saturated rings. The van der Waals surface area contributed by atoms with Crippen LogP contribution in [0.25, 0.3) is 0 Å². The van der Waals surface area contributed by atoms with Crippen LogP contribution in [0.1, 0.15) is 55.8 Å². The molecule has 2 atom stereocenters. The second-order valence-corrected chi connectivity index (χ2v) is 7.06. The average molecular weight is 363 g/mol. The summed E-state index contributed by atoms with van der Waals surface area (Å²) in [7, 11) is 0. The largest absolute Gasteiger partial charge is 0.494 e. The second kappa shape index (κ2) is 9.79. The fourth-order valence-electron chi connectivity index (χ4n) is 2.88. The van der Waals surface area contributed by atoms with Gasteiger partial charge in [-0.2, -0.15) is 0 Å². The number of allylic oxidation sites excluding steroid dienone is 1. The molecule has 1 aliphatic rings. The predicted molar refractivity (Wildman–Crippen MR) is 102 cm³/mol. The normalized spacial score (nSPS) is 22.5. The molecule has 1 aromatic carbocycles. The van der Waals surface area contributed by atoms with Crippen molar-refractivity contribution in [2.75, 3.05) is 6.61 Å². The molecule has 25 heavy (non-hydrogen) atoms. The van der Waals surface area contributed by atoms with Crippen molar-refractivity contribution in [1.29, 1.82) is 0 Å². The number of hydrogen-bond acceptors (Lipinski definition) is 3. The van der Waals surface area contributed by atoms with Crippen molar-refractivity contribution in [2.24, 2.45) is 5.92 Å². The van der Waals surface area contributed by atoms with Crippen molar-refractivity contribution in [3.05, 3.63) is 59.9 Å². The Balaban J connectivity index is 1.84. The van der Waals surface area contributed by atoms with Crippen molar-refractivity contribution in [3.63, 3.8) is 0 Å². The van der Waals surface area contributed by atoms with Crippen LogP contribution in [0.4, 0.5) is 0 Å². The Morgan fingerprint density at radius 3 is 2.52 bits per heavy atom. The number of alkyl halides is 1. The zero-order valence-electron chi connectivity index (χ0n) is 14.8. The lowest BCUT2D eigenvalue weighted by atomic mass is 9.88. The van der Waals surface area contributed by atoms with E-state index in [0.717, 1.165) is 12.8 Å². The summed E-state index contributed by atoms with van der Waals surface area (Å²) < 4.78 is 5.68. The Bertz CT molecular complexity index is 605. The maximum Gasteiger partial charge on any atom is 0.174 e. The molecule has 2 unspecified atom stereocenters. The van der Waals surface area contributed by atoms with E-state index in [-0.39, 0.29) is 5.78 Å². The average Bonchev–Trinajstić information content (AvgIpc) is 2.60. The van der Waals surface area contributed by atoms with E-state index in [2.05, 4.69) is 6.92 Å². The number of ether oxygens (including phenoxy) is 1. The van der Waals surface area contributed by atoms with Crippen LogP contribution >= 0.6 is 11.6 Å². The number of aliphatic hydroxyl groups is 1. The SMILES string of the molecule is CCCCCCCCOC1=CC(O)(Cl)C(C(=O)c2ccccc2)C=C1. The van der Waals surface area contributed by atoms with E-state index in [1.807, 2.05) is 6.07 Å². The van der Waals surface area contributed by atoms with E-state index >= 15 is 0 Å². The van der Waals surface area contributed by atoms with Gasteiger partial charge < -0.3 is 9.84 Å². The molecular formula is C21H27ClO3. The van der Waals surface area contributed by atoms with Gasteiger partial charge in [-0.05, 0) is 12.5 Å². The van der Waals surface area contributed by atoms with Gasteiger partial charge in [-0.3, -0.25) is 4.79 Å². The van der Waals surface area contributed by atoms with Gasteiger partial charge in [-0.1, -0.05) is 87.0 Å². The van der Waals surface area contributed by atoms with Crippen LogP contribution in [0.15, 0.2) is 54.3 Å². The van der Waals surface area contributed by atoms with Gasteiger partial charge in [-0.25, -0.2) is 0 Å². The number of carbonyl (C=O) groups excluding carboxylic acids is 1. The Hall–Kier alpha value is -1.58. The summed E-state index contributed by atoms with van der Waals surface area (Å²) in [4.78, 5) is 12.5. The first-order chi connectivity index (χ1) is 12.0. The Labute approximate surface area is 155 Å². The minimum absolute atomic E-state index is 0.208. The minimum Gasteiger partial charge on any atom is -0.494 e. The summed E-state index contributed by atoms with van der Waals surface area (Å²) in [6.45, 7) is 2.79. The lowest BCUT2D eigenvalue weighted by Gasteiger charge is -2.28.